The van der Waals surface area contributed by atoms with Crippen molar-refractivity contribution in [3.05, 3.63) is 37.0 Å². The van der Waals surface area contributed by atoms with Crippen molar-refractivity contribution in [1.82, 2.24) is 0 Å². The second kappa shape index (κ2) is 6.07. The van der Waals surface area contributed by atoms with Crippen LogP contribution in [0.5, 0.6) is 0 Å². The minimum atomic E-state index is -0.688. The van der Waals surface area contributed by atoms with Crippen LogP contribution in [-0.4, -0.2) is 15.1 Å². The number of hydrogen-bond donors (Lipinski definition) is 0. The second-order valence-corrected chi connectivity index (χ2v) is 5.37. The van der Waals surface area contributed by atoms with Gasteiger partial charge in [0.1, 0.15) is 4.84 Å². The summed E-state index contributed by atoms with van der Waals surface area (Å²) in [6.45, 7) is 9.02. The minimum Gasteiger partial charge on any atom is -0.116 e. The molecule has 0 heterocycles. The van der Waals surface area contributed by atoms with Crippen LogP contribution in [0.1, 0.15) is 6.92 Å². The van der Waals surface area contributed by atoms with E-state index in [4.69, 9.17) is 46.4 Å². The highest BCUT2D eigenvalue weighted by atomic mass is 35.5. The third-order valence-electron chi connectivity index (χ3n) is 1.70. The van der Waals surface area contributed by atoms with Gasteiger partial charge in [0, 0.05) is 0 Å². The SMILES string of the molecule is C=C[C@@](C)(Cl)[C@@H](Cl)/C=C/C(=C)C(Cl)Cl. The van der Waals surface area contributed by atoms with Gasteiger partial charge in [-0.2, -0.15) is 0 Å². The third-order valence-corrected chi connectivity index (χ3v) is 3.36. The lowest BCUT2D eigenvalue weighted by molar-refractivity contribution is 0.801. The van der Waals surface area contributed by atoms with Crippen LogP contribution in [0, 0.1) is 0 Å². The maximum absolute atomic E-state index is 6.04. The highest BCUT2D eigenvalue weighted by Crippen LogP contribution is 2.27. The Labute approximate surface area is 105 Å². The summed E-state index contributed by atoms with van der Waals surface area (Å²) in [6.07, 6.45) is 4.93. The Balaban J connectivity index is 4.39. The van der Waals surface area contributed by atoms with Crippen molar-refractivity contribution in [2.24, 2.45) is 0 Å². The van der Waals surface area contributed by atoms with Crippen molar-refractivity contribution < 1.29 is 0 Å². The number of hydrogen-bond acceptors (Lipinski definition) is 0. The van der Waals surface area contributed by atoms with Gasteiger partial charge in [0.2, 0.25) is 0 Å². The van der Waals surface area contributed by atoms with Crippen LogP contribution >= 0.6 is 46.4 Å². The molecule has 0 unspecified atom stereocenters. The van der Waals surface area contributed by atoms with Crippen molar-refractivity contribution in [3.8, 4) is 0 Å². The predicted octanol–water partition coefficient (Wildman–Crippen LogP) is 4.69. The average molecular weight is 274 g/mol. The smallest absolute Gasteiger partial charge is 0.116 e. The van der Waals surface area contributed by atoms with Gasteiger partial charge in [-0.1, -0.05) is 24.8 Å². The molecule has 0 aliphatic rings. The van der Waals surface area contributed by atoms with Gasteiger partial charge in [-0.15, -0.1) is 53.0 Å². The molecular weight excluding hydrogens is 262 g/mol. The summed E-state index contributed by atoms with van der Waals surface area (Å²) in [7, 11) is 0. The normalized spacial score (nSPS) is 18.1. The van der Waals surface area contributed by atoms with E-state index in [9.17, 15) is 0 Å². The molecule has 0 saturated heterocycles. The lowest BCUT2D eigenvalue weighted by Crippen LogP contribution is -2.24. The lowest BCUT2D eigenvalue weighted by atomic mass is 10.1. The fourth-order valence-corrected chi connectivity index (χ4v) is 0.962. The first-order valence-corrected chi connectivity index (χ1v) is 5.61. The molecule has 2 atom stereocenters. The zero-order valence-electron chi connectivity index (χ0n) is 7.81. The molecule has 14 heavy (non-hydrogen) atoms. The van der Waals surface area contributed by atoms with Crippen LogP contribution < -0.4 is 0 Å². The van der Waals surface area contributed by atoms with Gasteiger partial charge >= 0.3 is 0 Å². The van der Waals surface area contributed by atoms with Gasteiger partial charge < -0.3 is 0 Å². The van der Waals surface area contributed by atoms with E-state index in [1.807, 2.05) is 0 Å². The first kappa shape index (κ1) is 14.4. The van der Waals surface area contributed by atoms with Gasteiger partial charge in [-0.25, -0.2) is 0 Å². The number of rotatable bonds is 5. The fraction of sp³-hybridized carbons (Fsp3) is 0.400. The maximum Gasteiger partial charge on any atom is 0.132 e. The Kier molecular flexibility index (Phi) is 6.24. The largest absolute Gasteiger partial charge is 0.132 e. The fourth-order valence-electron chi connectivity index (χ4n) is 0.582. The summed E-state index contributed by atoms with van der Waals surface area (Å²) in [6, 6.07) is 0. The molecule has 0 radical (unpaired) electrons. The van der Waals surface area contributed by atoms with Gasteiger partial charge in [0.25, 0.3) is 0 Å². The van der Waals surface area contributed by atoms with E-state index in [-0.39, 0.29) is 5.38 Å². The molecule has 0 aromatic rings. The number of allylic oxidation sites excluding steroid dienone is 4. The molecule has 0 saturated carbocycles. The van der Waals surface area contributed by atoms with Crippen molar-refractivity contribution >= 4 is 46.4 Å². The third kappa shape index (κ3) is 4.75. The summed E-state index contributed by atoms with van der Waals surface area (Å²) in [5.74, 6) is 0. The Bertz CT molecular complexity index is 241. The predicted molar refractivity (Wildman–Crippen MR) is 67.9 cm³/mol. The van der Waals surface area contributed by atoms with Crippen LogP contribution in [0.4, 0.5) is 0 Å². The lowest BCUT2D eigenvalue weighted by Gasteiger charge is -2.20. The van der Waals surface area contributed by atoms with E-state index in [1.54, 1.807) is 25.2 Å². The van der Waals surface area contributed by atoms with Crippen LogP contribution in [0.15, 0.2) is 37.0 Å². The van der Waals surface area contributed by atoms with Crippen molar-refractivity contribution in [2.45, 2.75) is 22.0 Å². The van der Waals surface area contributed by atoms with Crippen molar-refractivity contribution in [3.63, 3.8) is 0 Å². The Morgan fingerprint density at radius 3 is 2.21 bits per heavy atom. The molecule has 0 bridgehead atoms. The molecule has 80 valence electrons. The Morgan fingerprint density at radius 1 is 1.36 bits per heavy atom. The van der Waals surface area contributed by atoms with Crippen LogP contribution in [-0.2, 0) is 0 Å². The summed E-state index contributed by atoms with van der Waals surface area (Å²) >= 11 is 23.2. The van der Waals surface area contributed by atoms with Crippen LogP contribution in [0.2, 0.25) is 0 Å². The van der Waals surface area contributed by atoms with Gasteiger partial charge in [0.05, 0.1) is 10.3 Å². The molecule has 4 heteroatoms. The topological polar surface area (TPSA) is 0 Å². The van der Waals surface area contributed by atoms with E-state index >= 15 is 0 Å². The van der Waals surface area contributed by atoms with E-state index in [0.29, 0.717) is 5.57 Å². The second-order valence-electron chi connectivity index (χ2n) is 2.99. The standard InChI is InChI=1S/C10H12Cl4/c1-4-10(3,14)8(11)6-5-7(2)9(12)13/h4-6,8-9H,1-2H2,3H3/b6-5+/t8-,10+/m0/s1. The molecule has 0 spiro atoms. The van der Waals surface area contributed by atoms with Gasteiger partial charge in [-0.05, 0) is 12.5 Å². The summed E-state index contributed by atoms with van der Waals surface area (Å²) in [5.41, 5.74) is 0.579. The van der Waals surface area contributed by atoms with Crippen molar-refractivity contribution in [1.29, 1.82) is 0 Å². The summed E-state index contributed by atoms with van der Waals surface area (Å²) in [5, 5.41) is -0.384. The van der Waals surface area contributed by atoms with Crippen molar-refractivity contribution in [2.75, 3.05) is 0 Å². The molecule has 0 fully saturated rings. The quantitative estimate of drug-likeness (QED) is 0.387. The monoisotopic (exact) mass is 272 g/mol. The van der Waals surface area contributed by atoms with E-state index < -0.39 is 9.71 Å². The zero-order chi connectivity index (χ0) is 11.4. The molecule has 0 amide bonds. The van der Waals surface area contributed by atoms with Gasteiger partial charge in [0.15, 0.2) is 0 Å². The molecule has 0 aromatic carbocycles. The van der Waals surface area contributed by atoms with E-state index in [2.05, 4.69) is 13.2 Å². The summed E-state index contributed by atoms with van der Waals surface area (Å²) < 4.78 is 0. The molecular formula is C10H12Cl4. The molecule has 0 aliphatic carbocycles. The molecule has 0 aliphatic heterocycles. The first-order chi connectivity index (χ1) is 6.31. The van der Waals surface area contributed by atoms with E-state index in [0.717, 1.165) is 0 Å². The highest BCUT2D eigenvalue weighted by Gasteiger charge is 2.24. The minimum absolute atomic E-state index is 0.384. The van der Waals surface area contributed by atoms with E-state index in [1.165, 1.54) is 0 Å². The first-order valence-electron chi connectivity index (χ1n) is 3.93. The molecule has 0 rings (SSSR count). The van der Waals surface area contributed by atoms with Crippen LogP contribution in [0.25, 0.3) is 0 Å². The Morgan fingerprint density at radius 2 is 1.86 bits per heavy atom. The average Bonchev–Trinajstić information content (AvgIpc) is 2.13. The van der Waals surface area contributed by atoms with Crippen LogP contribution in [0.3, 0.4) is 0 Å². The summed E-state index contributed by atoms with van der Waals surface area (Å²) in [4.78, 5) is -1.31. The van der Waals surface area contributed by atoms with Gasteiger partial charge in [-0.3, -0.25) is 0 Å². The number of alkyl halides is 4. The molecule has 0 aromatic heterocycles. The molecule has 0 nitrogen and oxygen atoms in total. The highest BCUT2D eigenvalue weighted by molar-refractivity contribution is 6.46. The number of halogens is 4. The maximum atomic E-state index is 6.04. The zero-order valence-corrected chi connectivity index (χ0v) is 10.8. The Hall–Kier alpha value is 0.380. The molecule has 0 N–H and O–H groups in total.